The van der Waals surface area contributed by atoms with E-state index in [-0.39, 0.29) is 11.4 Å². The molecule has 0 unspecified atom stereocenters. The van der Waals surface area contributed by atoms with Crippen molar-refractivity contribution in [3.05, 3.63) is 23.8 Å². The first-order chi connectivity index (χ1) is 6.42. The van der Waals surface area contributed by atoms with Crippen molar-refractivity contribution in [2.75, 3.05) is 0 Å². The molecular formula is C12H18O2. The Bertz CT molecular complexity index is 311. The number of benzene rings is 1. The number of phenols is 1. The summed E-state index contributed by atoms with van der Waals surface area (Å²) in [6.45, 7) is 7.93. The first-order valence-corrected chi connectivity index (χ1v) is 4.93. The van der Waals surface area contributed by atoms with Gasteiger partial charge in [0.2, 0.25) is 0 Å². The SMILES string of the molecule is CCc1ccc(OC(C)(C)C)c(O)c1. The summed E-state index contributed by atoms with van der Waals surface area (Å²) in [5.74, 6) is 0.772. The molecule has 2 nitrogen and oxygen atoms in total. The summed E-state index contributed by atoms with van der Waals surface area (Å²) < 4.78 is 5.58. The molecule has 0 heterocycles. The summed E-state index contributed by atoms with van der Waals surface area (Å²) in [6.07, 6.45) is 0.920. The second kappa shape index (κ2) is 3.91. The summed E-state index contributed by atoms with van der Waals surface area (Å²) in [6, 6.07) is 5.54. The molecule has 0 fully saturated rings. The van der Waals surface area contributed by atoms with E-state index in [0.717, 1.165) is 12.0 Å². The van der Waals surface area contributed by atoms with E-state index in [0.29, 0.717) is 5.75 Å². The Labute approximate surface area is 85.5 Å². The van der Waals surface area contributed by atoms with Crippen LogP contribution in [0.25, 0.3) is 0 Å². The number of ether oxygens (including phenoxy) is 1. The average molecular weight is 194 g/mol. The highest BCUT2D eigenvalue weighted by molar-refractivity contribution is 5.42. The molecule has 0 saturated carbocycles. The third kappa shape index (κ3) is 2.95. The highest BCUT2D eigenvalue weighted by Crippen LogP contribution is 2.29. The van der Waals surface area contributed by atoms with Gasteiger partial charge in [0.25, 0.3) is 0 Å². The lowest BCUT2D eigenvalue weighted by atomic mass is 10.1. The van der Waals surface area contributed by atoms with Crippen molar-refractivity contribution in [2.45, 2.75) is 39.7 Å². The summed E-state index contributed by atoms with van der Waals surface area (Å²) >= 11 is 0. The largest absolute Gasteiger partial charge is 0.504 e. The van der Waals surface area contributed by atoms with Gasteiger partial charge in [-0.3, -0.25) is 0 Å². The second-order valence-electron chi connectivity index (χ2n) is 4.37. The van der Waals surface area contributed by atoms with E-state index < -0.39 is 0 Å². The Kier molecular flexibility index (Phi) is 3.04. The van der Waals surface area contributed by atoms with E-state index in [1.807, 2.05) is 32.9 Å². The lowest BCUT2D eigenvalue weighted by Gasteiger charge is -2.22. The van der Waals surface area contributed by atoms with Crippen LogP contribution in [-0.2, 0) is 6.42 Å². The molecule has 14 heavy (non-hydrogen) atoms. The minimum atomic E-state index is -0.273. The molecule has 0 atom stereocenters. The van der Waals surface area contributed by atoms with Crippen molar-refractivity contribution >= 4 is 0 Å². The number of aromatic hydroxyl groups is 1. The molecule has 2 heteroatoms. The van der Waals surface area contributed by atoms with Crippen LogP contribution in [0.1, 0.15) is 33.3 Å². The van der Waals surface area contributed by atoms with Gasteiger partial charge in [-0.05, 0) is 44.9 Å². The zero-order valence-corrected chi connectivity index (χ0v) is 9.29. The lowest BCUT2D eigenvalue weighted by Crippen LogP contribution is -2.22. The van der Waals surface area contributed by atoms with E-state index in [9.17, 15) is 5.11 Å². The number of aryl methyl sites for hydroxylation is 1. The molecule has 1 aromatic rings. The predicted molar refractivity (Wildman–Crippen MR) is 57.9 cm³/mol. The molecule has 0 spiro atoms. The topological polar surface area (TPSA) is 29.5 Å². The Balaban J connectivity index is 2.89. The third-order valence-corrected chi connectivity index (χ3v) is 1.85. The lowest BCUT2D eigenvalue weighted by molar-refractivity contribution is 0.126. The minimum Gasteiger partial charge on any atom is -0.504 e. The fraction of sp³-hybridized carbons (Fsp3) is 0.500. The molecule has 0 aromatic heterocycles. The Morgan fingerprint density at radius 3 is 2.36 bits per heavy atom. The molecule has 0 aliphatic heterocycles. The van der Waals surface area contributed by atoms with Gasteiger partial charge in [-0.15, -0.1) is 0 Å². The molecule has 78 valence electrons. The highest BCUT2D eigenvalue weighted by Gasteiger charge is 2.14. The predicted octanol–water partition coefficient (Wildman–Crippen LogP) is 3.13. The van der Waals surface area contributed by atoms with Gasteiger partial charge in [0, 0.05) is 0 Å². The van der Waals surface area contributed by atoms with Crippen molar-refractivity contribution in [3.8, 4) is 11.5 Å². The van der Waals surface area contributed by atoms with Crippen LogP contribution in [-0.4, -0.2) is 10.7 Å². The van der Waals surface area contributed by atoms with E-state index in [1.165, 1.54) is 0 Å². The Morgan fingerprint density at radius 2 is 1.93 bits per heavy atom. The number of hydrogen-bond donors (Lipinski definition) is 1. The van der Waals surface area contributed by atoms with Gasteiger partial charge in [0.15, 0.2) is 11.5 Å². The van der Waals surface area contributed by atoms with Crippen LogP contribution in [0.2, 0.25) is 0 Å². The second-order valence-corrected chi connectivity index (χ2v) is 4.37. The average Bonchev–Trinajstić information content (AvgIpc) is 2.06. The summed E-state index contributed by atoms with van der Waals surface area (Å²) in [4.78, 5) is 0. The molecule has 0 radical (unpaired) electrons. The van der Waals surface area contributed by atoms with E-state index in [2.05, 4.69) is 6.92 Å². The van der Waals surface area contributed by atoms with E-state index in [1.54, 1.807) is 6.07 Å². The molecule has 0 aliphatic rings. The van der Waals surface area contributed by atoms with Gasteiger partial charge in [0.05, 0.1) is 0 Å². The van der Waals surface area contributed by atoms with Gasteiger partial charge in [0.1, 0.15) is 5.60 Å². The van der Waals surface area contributed by atoms with Crippen molar-refractivity contribution in [3.63, 3.8) is 0 Å². The monoisotopic (exact) mass is 194 g/mol. The number of hydrogen-bond acceptors (Lipinski definition) is 2. The quantitative estimate of drug-likeness (QED) is 0.783. The van der Waals surface area contributed by atoms with Crippen LogP contribution in [0.3, 0.4) is 0 Å². The maximum Gasteiger partial charge on any atom is 0.161 e. The Morgan fingerprint density at radius 1 is 1.29 bits per heavy atom. The van der Waals surface area contributed by atoms with Crippen LogP contribution in [0.4, 0.5) is 0 Å². The van der Waals surface area contributed by atoms with Crippen molar-refractivity contribution in [2.24, 2.45) is 0 Å². The normalized spacial score (nSPS) is 11.4. The van der Waals surface area contributed by atoms with Gasteiger partial charge in [-0.2, -0.15) is 0 Å². The van der Waals surface area contributed by atoms with Crippen LogP contribution in [0, 0.1) is 0 Å². The van der Waals surface area contributed by atoms with Gasteiger partial charge >= 0.3 is 0 Å². The molecule has 1 N–H and O–H groups in total. The van der Waals surface area contributed by atoms with Crippen molar-refractivity contribution < 1.29 is 9.84 Å². The maximum absolute atomic E-state index is 9.66. The standard InChI is InChI=1S/C12H18O2/c1-5-9-6-7-11(10(13)8-9)14-12(2,3)4/h6-8,13H,5H2,1-4H3. The fourth-order valence-corrected chi connectivity index (χ4v) is 1.20. The molecule has 0 bridgehead atoms. The van der Waals surface area contributed by atoms with E-state index in [4.69, 9.17) is 4.74 Å². The van der Waals surface area contributed by atoms with E-state index >= 15 is 0 Å². The van der Waals surface area contributed by atoms with Crippen LogP contribution >= 0.6 is 0 Å². The molecular weight excluding hydrogens is 176 g/mol. The van der Waals surface area contributed by atoms with Crippen molar-refractivity contribution in [1.82, 2.24) is 0 Å². The summed E-state index contributed by atoms with van der Waals surface area (Å²) in [5, 5.41) is 9.66. The van der Waals surface area contributed by atoms with Gasteiger partial charge in [-0.1, -0.05) is 13.0 Å². The smallest absolute Gasteiger partial charge is 0.161 e. The summed E-state index contributed by atoms with van der Waals surface area (Å²) in [7, 11) is 0. The summed E-state index contributed by atoms with van der Waals surface area (Å²) in [5.41, 5.74) is 0.842. The van der Waals surface area contributed by atoms with Gasteiger partial charge in [-0.25, -0.2) is 0 Å². The highest BCUT2D eigenvalue weighted by atomic mass is 16.5. The first-order valence-electron chi connectivity index (χ1n) is 4.93. The van der Waals surface area contributed by atoms with Crippen LogP contribution in [0.5, 0.6) is 11.5 Å². The number of phenolic OH excluding ortho intramolecular Hbond substituents is 1. The Hall–Kier alpha value is -1.18. The number of rotatable bonds is 2. The maximum atomic E-state index is 9.66. The minimum absolute atomic E-state index is 0.222. The molecule has 1 rings (SSSR count). The van der Waals surface area contributed by atoms with Crippen LogP contribution in [0.15, 0.2) is 18.2 Å². The van der Waals surface area contributed by atoms with Gasteiger partial charge < -0.3 is 9.84 Å². The zero-order valence-electron chi connectivity index (χ0n) is 9.29. The molecule has 0 saturated heterocycles. The third-order valence-electron chi connectivity index (χ3n) is 1.85. The molecule has 0 amide bonds. The van der Waals surface area contributed by atoms with Crippen molar-refractivity contribution in [1.29, 1.82) is 0 Å². The fourth-order valence-electron chi connectivity index (χ4n) is 1.20. The molecule has 0 aliphatic carbocycles. The van der Waals surface area contributed by atoms with Crippen LogP contribution < -0.4 is 4.74 Å². The molecule has 1 aromatic carbocycles. The first kappa shape index (κ1) is 10.9. The zero-order chi connectivity index (χ0) is 10.8.